The number of halogens is 2. The van der Waals surface area contributed by atoms with Gasteiger partial charge >= 0.3 is 0 Å². The van der Waals surface area contributed by atoms with E-state index in [0.717, 1.165) is 36.2 Å². The van der Waals surface area contributed by atoms with Crippen molar-refractivity contribution in [2.24, 2.45) is 7.05 Å². The zero-order chi connectivity index (χ0) is 27.5. The number of amides is 2. The first-order chi connectivity index (χ1) is 18.6. The summed E-state index contributed by atoms with van der Waals surface area (Å²) in [4.78, 5) is 50.7. The molecular weight excluding hydrogens is 523 g/mol. The van der Waals surface area contributed by atoms with Crippen LogP contribution in [0.25, 0.3) is 22.1 Å². The van der Waals surface area contributed by atoms with Gasteiger partial charge in [0, 0.05) is 29.9 Å². The fourth-order valence-corrected chi connectivity index (χ4v) is 5.55. The van der Waals surface area contributed by atoms with Gasteiger partial charge in [0.15, 0.2) is 0 Å². The number of benzene rings is 1. The maximum Gasteiger partial charge on any atom is 0.265 e. The molecule has 1 aliphatic heterocycles. The number of carbonyl (C=O) groups is 2. The largest absolute Gasteiger partial charge is 0.348 e. The minimum atomic E-state index is -1.44. The fraction of sp³-hybridized carbons (Fsp3) is 0.393. The lowest BCUT2D eigenvalue weighted by atomic mass is 9.85. The number of carbonyl (C=O) groups excluding carboxylic acids is 2. The van der Waals surface area contributed by atoms with Crippen molar-refractivity contribution in [3.63, 3.8) is 0 Å². The number of hydrogen-bond acceptors (Lipinski definition) is 5. The number of aryl methyl sites for hydroxylation is 1. The lowest BCUT2D eigenvalue weighted by Gasteiger charge is -2.42. The predicted molar refractivity (Wildman–Crippen MR) is 146 cm³/mol. The Morgan fingerprint density at radius 3 is 2.56 bits per heavy atom. The van der Waals surface area contributed by atoms with Gasteiger partial charge in [-0.15, -0.1) is 0 Å². The van der Waals surface area contributed by atoms with Crippen LogP contribution in [0.1, 0.15) is 53.8 Å². The molecular formula is C28H28ClFN6O3. The first kappa shape index (κ1) is 25.5. The smallest absolute Gasteiger partial charge is 0.265 e. The number of imidazole rings is 1. The van der Waals surface area contributed by atoms with Crippen molar-refractivity contribution >= 4 is 45.5 Å². The summed E-state index contributed by atoms with van der Waals surface area (Å²) in [5.74, 6) is 0.315. The molecule has 1 aromatic carbocycles. The highest BCUT2D eigenvalue weighted by atomic mass is 35.5. The highest BCUT2D eigenvalue weighted by Crippen LogP contribution is 2.37. The topological polar surface area (TPSA) is 102 Å². The Kier molecular flexibility index (Phi) is 6.17. The molecule has 1 aliphatic carbocycles. The van der Waals surface area contributed by atoms with E-state index in [2.05, 4.69) is 10.3 Å². The van der Waals surface area contributed by atoms with Gasteiger partial charge in [-0.3, -0.25) is 19.0 Å². The van der Waals surface area contributed by atoms with Crippen LogP contribution in [0, 0.1) is 0 Å². The number of rotatable bonds is 6. The second-order valence-electron chi connectivity index (χ2n) is 10.8. The van der Waals surface area contributed by atoms with Gasteiger partial charge in [0.1, 0.15) is 34.8 Å². The Morgan fingerprint density at radius 1 is 1.21 bits per heavy atom. The van der Waals surface area contributed by atoms with Crippen molar-refractivity contribution in [1.29, 1.82) is 0 Å². The van der Waals surface area contributed by atoms with Crippen molar-refractivity contribution in [2.75, 3.05) is 13.1 Å². The normalized spacial score (nSPS) is 16.8. The highest BCUT2D eigenvalue weighted by molar-refractivity contribution is 6.30. The molecule has 2 fully saturated rings. The summed E-state index contributed by atoms with van der Waals surface area (Å²) < 4.78 is 17.3. The summed E-state index contributed by atoms with van der Waals surface area (Å²) in [6, 6.07) is 8.56. The molecule has 1 saturated carbocycles. The van der Waals surface area contributed by atoms with Gasteiger partial charge in [0.2, 0.25) is 5.91 Å². The monoisotopic (exact) mass is 550 g/mol. The van der Waals surface area contributed by atoms with Crippen LogP contribution in [0.3, 0.4) is 0 Å². The molecule has 2 aliphatic rings. The third-order valence-corrected chi connectivity index (χ3v) is 8.00. The molecule has 0 radical (unpaired) electrons. The summed E-state index contributed by atoms with van der Waals surface area (Å²) >= 11 is 5.96. The zero-order valence-corrected chi connectivity index (χ0v) is 22.5. The standard InChI is InChI=1S/C28H28ClFN6O3/c1-28(30)14-35(15-28)22(37)13-36-25-19(23-21(12-31-25)33-24(34(23)2)17-4-3-5-17)10-20(27(36)39)26(38)32-11-16-6-8-18(29)9-7-16/h6-10,12,17H,3-5,11,13-15H2,1-2H3,(H,32,38). The Balaban J connectivity index is 1.44. The van der Waals surface area contributed by atoms with Gasteiger partial charge in [-0.1, -0.05) is 30.2 Å². The van der Waals surface area contributed by atoms with E-state index in [0.29, 0.717) is 21.8 Å². The van der Waals surface area contributed by atoms with E-state index in [1.807, 2.05) is 11.6 Å². The Morgan fingerprint density at radius 2 is 1.92 bits per heavy atom. The first-order valence-electron chi connectivity index (χ1n) is 13.0. The maximum atomic E-state index is 14.1. The number of hydrogen-bond donors (Lipinski definition) is 1. The third-order valence-electron chi connectivity index (χ3n) is 7.75. The Bertz CT molecular complexity index is 1680. The number of aromatic nitrogens is 4. The van der Waals surface area contributed by atoms with Crippen LogP contribution in [-0.4, -0.2) is 54.6 Å². The number of likely N-dealkylation sites (tertiary alicyclic amines) is 1. The molecule has 39 heavy (non-hydrogen) atoms. The molecule has 6 rings (SSSR count). The van der Waals surface area contributed by atoms with Crippen LogP contribution in [-0.2, 0) is 24.9 Å². The molecule has 4 aromatic rings. The predicted octanol–water partition coefficient (Wildman–Crippen LogP) is 3.70. The van der Waals surface area contributed by atoms with E-state index in [9.17, 15) is 18.8 Å². The van der Waals surface area contributed by atoms with E-state index in [1.54, 1.807) is 36.5 Å². The van der Waals surface area contributed by atoms with Crippen LogP contribution < -0.4 is 10.9 Å². The lowest BCUT2D eigenvalue weighted by molar-refractivity contribution is -0.144. The van der Waals surface area contributed by atoms with Crippen LogP contribution in [0.2, 0.25) is 5.02 Å². The lowest BCUT2D eigenvalue weighted by Crippen LogP contribution is -2.60. The van der Waals surface area contributed by atoms with Gasteiger partial charge in [-0.2, -0.15) is 0 Å². The highest BCUT2D eigenvalue weighted by Gasteiger charge is 2.41. The summed E-state index contributed by atoms with van der Waals surface area (Å²) in [6.45, 7) is 1.20. The second kappa shape index (κ2) is 9.44. The maximum absolute atomic E-state index is 14.1. The van der Waals surface area contributed by atoms with Crippen molar-refractivity contribution in [3.8, 4) is 0 Å². The van der Waals surface area contributed by atoms with Crippen LogP contribution in [0.15, 0.2) is 41.3 Å². The minimum absolute atomic E-state index is 0.0378. The SMILES string of the molecule is Cn1c(C2CCC2)nc2cnc3c(cc(C(=O)NCc4ccc(Cl)cc4)c(=O)n3CC(=O)N3CC(C)(F)C3)c21. The fourth-order valence-electron chi connectivity index (χ4n) is 5.42. The van der Waals surface area contributed by atoms with Gasteiger partial charge < -0.3 is 14.8 Å². The molecule has 0 spiro atoms. The minimum Gasteiger partial charge on any atom is -0.348 e. The van der Waals surface area contributed by atoms with Gasteiger partial charge in [-0.25, -0.2) is 14.4 Å². The van der Waals surface area contributed by atoms with Gasteiger partial charge in [0.05, 0.1) is 24.8 Å². The molecule has 3 aromatic heterocycles. The number of pyridine rings is 2. The number of nitrogens with one attached hydrogen (secondary N) is 1. The third kappa shape index (κ3) is 4.56. The Labute approximate surface area is 228 Å². The molecule has 202 valence electrons. The summed E-state index contributed by atoms with van der Waals surface area (Å²) in [5.41, 5.74) is 0.314. The molecule has 1 N–H and O–H groups in total. The van der Waals surface area contributed by atoms with Gasteiger partial charge in [-0.05, 0) is 43.5 Å². The molecule has 0 atom stereocenters. The van der Waals surface area contributed by atoms with E-state index in [1.165, 1.54) is 16.4 Å². The molecule has 4 heterocycles. The van der Waals surface area contributed by atoms with E-state index < -0.39 is 23.0 Å². The number of fused-ring (bicyclic) bond motifs is 3. The molecule has 0 unspecified atom stereocenters. The second-order valence-corrected chi connectivity index (χ2v) is 11.2. The Hall–Kier alpha value is -3.79. The van der Waals surface area contributed by atoms with Crippen LogP contribution in [0.4, 0.5) is 4.39 Å². The molecule has 11 heteroatoms. The van der Waals surface area contributed by atoms with Gasteiger partial charge in [0.25, 0.3) is 11.5 Å². The molecule has 2 amide bonds. The van der Waals surface area contributed by atoms with Crippen LogP contribution >= 0.6 is 11.6 Å². The van der Waals surface area contributed by atoms with Crippen molar-refractivity contribution in [3.05, 3.63) is 68.9 Å². The molecule has 1 saturated heterocycles. The summed E-state index contributed by atoms with van der Waals surface area (Å²) in [6.07, 6.45) is 4.87. The quantitative estimate of drug-likeness (QED) is 0.394. The van der Waals surface area contributed by atoms with E-state index in [4.69, 9.17) is 16.6 Å². The van der Waals surface area contributed by atoms with E-state index >= 15 is 0 Å². The van der Waals surface area contributed by atoms with Crippen molar-refractivity contribution in [2.45, 2.75) is 50.9 Å². The molecule has 0 bridgehead atoms. The number of alkyl halides is 1. The average Bonchev–Trinajstić information content (AvgIpc) is 3.18. The average molecular weight is 551 g/mol. The molecule has 9 nitrogen and oxygen atoms in total. The zero-order valence-electron chi connectivity index (χ0n) is 21.7. The van der Waals surface area contributed by atoms with Crippen molar-refractivity contribution in [1.82, 2.24) is 29.3 Å². The van der Waals surface area contributed by atoms with Crippen molar-refractivity contribution < 1.29 is 14.0 Å². The van der Waals surface area contributed by atoms with Crippen LogP contribution in [0.5, 0.6) is 0 Å². The number of nitrogens with zero attached hydrogens (tertiary/aromatic N) is 5. The summed E-state index contributed by atoms with van der Waals surface area (Å²) in [5, 5.41) is 3.93. The van der Waals surface area contributed by atoms with E-state index in [-0.39, 0.29) is 37.4 Å². The summed E-state index contributed by atoms with van der Waals surface area (Å²) in [7, 11) is 1.92. The first-order valence-corrected chi connectivity index (χ1v) is 13.4.